The number of carbonyl (C=O) groups excluding carboxylic acids is 2. The van der Waals surface area contributed by atoms with E-state index in [2.05, 4.69) is 5.32 Å². The smallest absolute Gasteiger partial charge is 0.340 e. The molecule has 6 nitrogen and oxygen atoms in total. The summed E-state index contributed by atoms with van der Waals surface area (Å²) >= 11 is 0. The Balaban J connectivity index is 1.82. The van der Waals surface area contributed by atoms with E-state index in [-0.39, 0.29) is 29.9 Å². The van der Waals surface area contributed by atoms with Crippen molar-refractivity contribution in [1.82, 2.24) is 0 Å². The van der Waals surface area contributed by atoms with Crippen molar-refractivity contribution in [3.05, 3.63) is 42.0 Å². The third-order valence-corrected chi connectivity index (χ3v) is 4.73. The highest BCUT2D eigenvalue weighted by Crippen LogP contribution is 2.48. The lowest BCUT2D eigenvalue weighted by Crippen LogP contribution is -2.36. The van der Waals surface area contributed by atoms with Gasteiger partial charge in [-0.1, -0.05) is 24.3 Å². The van der Waals surface area contributed by atoms with Crippen molar-refractivity contribution < 1.29 is 24.2 Å². The van der Waals surface area contributed by atoms with Gasteiger partial charge in [-0.05, 0) is 37.3 Å². The number of allylic oxidation sites excluding steroid dienone is 2. The van der Waals surface area contributed by atoms with Crippen LogP contribution in [-0.4, -0.2) is 29.6 Å². The molecule has 1 fully saturated rings. The molecule has 1 saturated carbocycles. The second kappa shape index (κ2) is 6.47. The van der Waals surface area contributed by atoms with Crippen molar-refractivity contribution in [1.29, 1.82) is 0 Å². The molecule has 0 aliphatic heterocycles. The third-order valence-electron chi connectivity index (χ3n) is 4.73. The van der Waals surface area contributed by atoms with Gasteiger partial charge in [0.05, 0.1) is 29.7 Å². The number of aliphatic carboxylic acids is 1. The Labute approximate surface area is 139 Å². The quantitative estimate of drug-likeness (QED) is 0.639. The van der Waals surface area contributed by atoms with Crippen molar-refractivity contribution in [2.24, 2.45) is 23.7 Å². The normalized spacial score (nSPS) is 27.0. The molecule has 0 unspecified atom stereocenters. The molecule has 2 aliphatic rings. The first-order valence-electron chi connectivity index (χ1n) is 8.01. The molecular weight excluding hydrogens is 310 g/mol. The highest BCUT2D eigenvalue weighted by Gasteiger charge is 2.51. The molecule has 0 radical (unpaired) electrons. The Morgan fingerprint density at radius 3 is 2.50 bits per heavy atom. The summed E-state index contributed by atoms with van der Waals surface area (Å²) in [5.41, 5.74) is 0.607. The summed E-state index contributed by atoms with van der Waals surface area (Å²) < 4.78 is 4.99. The number of amides is 1. The number of benzene rings is 1. The van der Waals surface area contributed by atoms with Crippen molar-refractivity contribution in [2.45, 2.75) is 13.3 Å². The standard InChI is InChI=1S/C18H19NO5/c1-2-24-18(23)12-5-3-4-6-13(12)19-16(20)14-10-7-8-11(9-10)15(14)17(21)22/h3-8,10-11,14-15H,2,9H2,1H3,(H,19,20)(H,21,22)/t10-,11-,14+,15-/m0/s1. The van der Waals surface area contributed by atoms with Crippen LogP contribution in [0.2, 0.25) is 0 Å². The second-order valence-corrected chi connectivity index (χ2v) is 6.09. The number of carboxylic acids is 1. The number of fused-ring (bicyclic) bond motifs is 2. The van der Waals surface area contributed by atoms with Crippen LogP contribution in [0.25, 0.3) is 0 Å². The number of carboxylic acid groups (broad SMARTS) is 1. The predicted octanol–water partition coefficient (Wildman–Crippen LogP) is 2.32. The van der Waals surface area contributed by atoms with Gasteiger partial charge in [0.1, 0.15) is 0 Å². The van der Waals surface area contributed by atoms with Crippen LogP contribution in [0.5, 0.6) is 0 Å². The van der Waals surface area contributed by atoms with Gasteiger partial charge in [0.15, 0.2) is 0 Å². The Hall–Kier alpha value is -2.63. The molecule has 126 valence electrons. The molecule has 1 amide bonds. The fourth-order valence-electron chi connectivity index (χ4n) is 3.71. The number of rotatable bonds is 5. The Bertz CT molecular complexity index is 711. The maximum absolute atomic E-state index is 12.7. The molecule has 1 aromatic carbocycles. The molecule has 0 aromatic heterocycles. The molecule has 6 heteroatoms. The summed E-state index contributed by atoms with van der Waals surface area (Å²) in [6, 6.07) is 6.57. The van der Waals surface area contributed by atoms with Crippen LogP contribution in [0.4, 0.5) is 5.69 Å². The topological polar surface area (TPSA) is 92.7 Å². The van der Waals surface area contributed by atoms with Crippen LogP contribution in [0.15, 0.2) is 36.4 Å². The highest BCUT2D eigenvalue weighted by atomic mass is 16.5. The van der Waals surface area contributed by atoms with Gasteiger partial charge in [-0.25, -0.2) is 4.79 Å². The maximum Gasteiger partial charge on any atom is 0.340 e. The molecule has 0 saturated heterocycles. The SMILES string of the molecule is CCOC(=O)c1ccccc1NC(=O)[C@H]1[C@@H](C(=O)O)[C@H]2C=C[C@H]1C2. The summed E-state index contributed by atoms with van der Waals surface area (Å²) in [6.07, 6.45) is 4.50. The van der Waals surface area contributed by atoms with Gasteiger partial charge in [0, 0.05) is 0 Å². The number of hydrogen-bond donors (Lipinski definition) is 2. The molecule has 0 spiro atoms. The van der Waals surface area contributed by atoms with Crippen molar-refractivity contribution >= 4 is 23.5 Å². The molecule has 24 heavy (non-hydrogen) atoms. The van der Waals surface area contributed by atoms with Gasteiger partial charge >= 0.3 is 11.9 Å². The first-order valence-corrected chi connectivity index (χ1v) is 8.01. The predicted molar refractivity (Wildman–Crippen MR) is 86.4 cm³/mol. The number of nitrogens with one attached hydrogen (secondary N) is 1. The number of para-hydroxylation sites is 1. The van der Waals surface area contributed by atoms with Crippen LogP contribution < -0.4 is 5.32 Å². The molecule has 2 bridgehead atoms. The summed E-state index contributed by atoms with van der Waals surface area (Å²) in [5.74, 6) is -3.32. The van der Waals surface area contributed by atoms with Gasteiger partial charge in [-0.2, -0.15) is 0 Å². The van der Waals surface area contributed by atoms with Gasteiger partial charge < -0.3 is 15.2 Å². The van der Waals surface area contributed by atoms with Crippen LogP contribution in [0.3, 0.4) is 0 Å². The van der Waals surface area contributed by atoms with Gasteiger partial charge in [0.2, 0.25) is 5.91 Å². The Morgan fingerprint density at radius 1 is 1.17 bits per heavy atom. The maximum atomic E-state index is 12.7. The first kappa shape index (κ1) is 16.2. The second-order valence-electron chi connectivity index (χ2n) is 6.09. The van der Waals surface area contributed by atoms with Crippen molar-refractivity contribution in [3.63, 3.8) is 0 Å². The monoisotopic (exact) mass is 329 g/mol. The average molecular weight is 329 g/mol. The number of ether oxygens (including phenoxy) is 1. The van der Waals surface area contributed by atoms with E-state index in [1.54, 1.807) is 31.2 Å². The van der Waals surface area contributed by atoms with Crippen molar-refractivity contribution in [2.75, 3.05) is 11.9 Å². The lowest BCUT2D eigenvalue weighted by molar-refractivity contribution is -0.146. The molecular formula is C18H19NO5. The first-order chi connectivity index (χ1) is 11.5. The van der Waals surface area contributed by atoms with E-state index < -0.39 is 23.8 Å². The summed E-state index contributed by atoms with van der Waals surface area (Å²) in [5, 5.41) is 12.2. The summed E-state index contributed by atoms with van der Waals surface area (Å²) in [6.45, 7) is 1.94. The fourth-order valence-corrected chi connectivity index (χ4v) is 3.71. The highest BCUT2D eigenvalue weighted by molar-refractivity contribution is 6.03. The van der Waals surface area contributed by atoms with E-state index >= 15 is 0 Å². The number of hydrogen-bond acceptors (Lipinski definition) is 4. The third kappa shape index (κ3) is 2.79. The molecule has 2 aliphatic carbocycles. The minimum Gasteiger partial charge on any atom is -0.481 e. The minimum absolute atomic E-state index is 0.0640. The molecule has 1 aromatic rings. The average Bonchev–Trinajstić information content (AvgIpc) is 3.16. The van der Waals surface area contributed by atoms with Gasteiger partial charge in [0.25, 0.3) is 0 Å². The molecule has 2 N–H and O–H groups in total. The Morgan fingerprint density at radius 2 is 1.83 bits per heavy atom. The Kier molecular flexibility index (Phi) is 4.38. The van der Waals surface area contributed by atoms with E-state index in [4.69, 9.17) is 4.74 Å². The molecule has 4 atom stereocenters. The van der Waals surface area contributed by atoms with Crippen LogP contribution in [0.1, 0.15) is 23.7 Å². The van der Waals surface area contributed by atoms with Crippen molar-refractivity contribution in [3.8, 4) is 0 Å². The largest absolute Gasteiger partial charge is 0.481 e. The van der Waals surface area contributed by atoms with E-state index in [9.17, 15) is 19.5 Å². The number of carbonyl (C=O) groups is 3. The van der Waals surface area contributed by atoms with Crippen LogP contribution in [0, 0.1) is 23.7 Å². The summed E-state index contributed by atoms with van der Waals surface area (Å²) in [7, 11) is 0. The van der Waals surface area contributed by atoms with E-state index in [0.717, 1.165) is 0 Å². The minimum atomic E-state index is -0.953. The van der Waals surface area contributed by atoms with Gasteiger partial charge in [-0.3, -0.25) is 9.59 Å². The fraction of sp³-hybridized carbons (Fsp3) is 0.389. The van der Waals surface area contributed by atoms with Crippen LogP contribution >= 0.6 is 0 Å². The van der Waals surface area contributed by atoms with E-state index in [1.807, 2.05) is 12.2 Å². The number of esters is 1. The summed E-state index contributed by atoms with van der Waals surface area (Å²) in [4.78, 5) is 36.2. The zero-order valence-corrected chi connectivity index (χ0v) is 13.3. The number of anilines is 1. The van der Waals surface area contributed by atoms with Crippen LogP contribution in [-0.2, 0) is 14.3 Å². The molecule has 0 heterocycles. The van der Waals surface area contributed by atoms with E-state index in [1.165, 1.54) is 0 Å². The molecule has 3 rings (SSSR count). The van der Waals surface area contributed by atoms with E-state index in [0.29, 0.717) is 12.1 Å². The van der Waals surface area contributed by atoms with Gasteiger partial charge in [-0.15, -0.1) is 0 Å². The lowest BCUT2D eigenvalue weighted by Gasteiger charge is -2.24. The lowest BCUT2D eigenvalue weighted by atomic mass is 9.82. The zero-order chi connectivity index (χ0) is 17.3. The zero-order valence-electron chi connectivity index (χ0n) is 13.3.